The Balaban J connectivity index is 2.23. The second kappa shape index (κ2) is 6.29. The smallest absolute Gasteiger partial charge is 0.241 e. The van der Waals surface area contributed by atoms with E-state index >= 15 is 0 Å². The molecule has 0 saturated carbocycles. The minimum atomic E-state index is -3.73. The topological polar surface area (TPSA) is 121 Å². The molecule has 2 unspecified atom stereocenters. The van der Waals surface area contributed by atoms with E-state index in [1.165, 1.54) is 12.1 Å². The van der Waals surface area contributed by atoms with Crippen molar-refractivity contribution in [2.24, 2.45) is 0 Å². The normalized spacial score (nSPS) is 14.8. The third-order valence-electron chi connectivity index (χ3n) is 3.02. The van der Waals surface area contributed by atoms with E-state index in [0.717, 1.165) is 0 Å². The molecule has 1 aromatic carbocycles. The molecule has 2 rings (SSSR count). The summed E-state index contributed by atoms with van der Waals surface area (Å²) in [4.78, 5) is 0.0860. The molecule has 0 fully saturated rings. The lowest BCUT2D eigenvalue weighted by Crippen LogP contribution is -2.27. The molecule has 21 heavy (non-hydrogen) atoms. The molecule has 0 radical (unpaired) electrons. The summed E-state index contributed by atoms with van der Waals surface area (Å²) in [7, 11) is -3.73. The Hall–Kier alpha value is -1.84. The maximum absolute atomic E-state index is 12.3. The van der Waals surface area contributed by atoms with Gasteiger partial charge in [0.2, 0.25) is 10.0 Å². The number of aliphatic hydroxyl groups is 1. The van der Waals surface area contributed by atoms with Gasteiger partial charge < -0.3 is 5.11 Å². The lowest BCUT2D eigenvalue weighted by atomic mass is 10.1. The molecular formula is C12H17N5O3S. The molecule has 3 N–H and O–H groups in total. The van der Waals surface area contributed by atoms with Crippen LogP contribution in [0.2, 0.25) is 0 Å². The Morgan fingerprint density at radius 2 is 2.19 bits per heavy atom. The molecule has 0 aliphatic rings. The fourth-order valence-electron chi connectivity index (χ4n) is 1.83. The maximum atomic E-state index is 12.3. The van der Waals surface area contributed by atoms with E-state index in [4.69, 9.17) is 0 Å². The number of sulfonamides is 1. The van der Waals surface area contributed by atoms with Crippen molar-refractivity contribution in [3.05, 3.63) is 35.7 Å². The molecule has 9 heteroatoms. The molecule has 0 saturated heterocycles. The molecule has 1 aromatic heterocycles. The average Bonchev–Trinajstić information content (AvgIpc) is 3.00. The summed E-state index contributed by atoms with van der Waals surface area (Å²) in [5, 5.41) is 22.9. The Labute approximate surface area is 122 Å². The molecule has 114 valence electrons. The number of tetrazole rings is 1. The number of hydrogen-bond donors (Lipinski definition) is 3. The number of benzene rings is 1. The highest BCUT2D eigenvalue weighted by atomic mass is 32.2. The molecule has 8 nitrogen and oxygen atoms in total. The van der Waals surface area contributed by atoms with E-state index in [9.17, 15) is 13.5 Å². The quantitative estimate of drug-likeness (QED) is 0.721. The number of aliphatic hydroxyl groups excluding tert-OH is 1. The van der Waals surface area contributed by atoms with Gasteiger partial charge in [-0.05, 0) is 31.0 Å². The first-order valence-corrected chi connectivity index (χ1v) is 7.96. The van der Waals surface area contributed by atoms with Crippen LogP contribution in [0.5, 0.6) is 0 Å². The summed E-state index contributed by atoms with van der Waals surface area (Å²) in [5.74, 6) is 0.253. The number of nitrogens with zero attached hydrogens (tertiary/aromatic N) is 3. The van der Waals surface area contributed by atoms with Crippen molar-refractivity contribution in [2.45, 2.75) is 37.3 Å². The zero-order valence-electron chi connectivity index (χ0n) is 11.7. The summed E-state index contributed by atoms with van der Waals surface area (Å²) in [6.07, 6.45) is -0.175. The van der Waals surface area contributed by atoms with E-state index in [2.05, 4.69) is 25.3 Å². The highest BCUT2D eigenvalue weighted by molar-refractivity contribution is 7.89. The predicted molar refractivity (Wildman–Crippen MR) is 74.6 cm³/mol. The van der Waals surface area contributed by atoms with Crippen molar-refractivity contribution in [2.75, 3.05) is 0 Å². The largest absolute Gasteiger partial charge is 0.388 e. The number of aromatic nitrogens is 4. The van der Waals surface area contributed by atoms with E-state index < -0.39 is 22.2 Å². The third kappa shape index (κ3) is 3.63. The molecule has 1 heterocycles. The molecular weight excluding hydrogens is 294 g/mol. The van der Waals surface area contributed by atoms with Gasteiger partial charge in [-0.2, -0.15) is 5.21 Å². The van der Waals surface area contributed by atoms with Crippen LogP contribution in [0.25, 0.3) is 0 Å². The first-order valence-electron chi connectivity index (χ1n) is 6.47. The monoisotopic (exact) mass is 311 g/mol. The minimum absolute atomic E-state index is 0.0860. The molecule has 0 aliphatic carbocycles. The summed E-state index contributed by atoms with van der Waals surface area (Å²) >= 11 is 0. The molecule has 2 aromatic rings. The standard InChI is InChI=1S/C12H17N5O3S/c1-3-11(18)9-5-4-6-10(7-9)21(19,20)15-8(2)12-13-16-17-14-12/h4-8,11,15,18H,3H2,1-2H3,(H,13,14,16,17). The maximum Gasteiger partial charge on any atom is 0.241 e. The van der Waals surface area contributed by atoms with Gasteiger partial charge in [0.15, 0.2) is 5.82 Å². The van der Waals surface area contributed by atoms with Crippen LogP contribution in [0, 0.1) is 0 Å². The van der Waals surface area contributed by atoms with Crippen molar-refractivity contribution < 1.29 is 13.5 Å². The van der Waals surface area contributed by atoms with Gasteiger partial charge >= 0.3 is 0 Å². The summed E-state index contributed by atoms with van der Waals surface area (Å²) in [6.45, 7) is 3.44. The SMILES string of the molecule is CCC(O)c1cccc(S(=O)(=O)NC(C)c2nn[nH]n2)c1. The lowest BCUT2D eigenvalue weighted by Gasteiger charge is -2.13. The van der Waals surface area contributed by atoms with Crippen molar-refractivity contribution in [1.82, 2.24) is 25.3 Å². The zero-order chi connectivity index (χ0) is 15.5. The molecule has 2 atom stereocenters. The Morgan fingerprint density at radius 3 is 2.81 bits per heavy atom. The number of hydrogen-bond acceptors (Lipinski definition) is 6. The van der Waals surface area contributed by atoms with Crippen LogP contribution < -0.4 is 4.72 Å². The third-order valence-corrected chi connectivity index (χ3v) is 4.56. The Bertz CT molecular complexity index is 687. The van der Waals surface area contributed by atoms with Crippen LogP contribution in [0.1, 0.15) is 43.8 Å². The van der Waals surface area contributed by atoms with Crippen LogP contribution in [0.15, 0.2) is 29.2 Å². The van der Waals surface area contributed by atoms with Crippen LogP contribution in [0.4, 0.5) is 0 Å². The minimum Gasteiger partial charge on any atom is -0.388 e. The van der Waals surface area contributed by atoms with Crippen molar-refractivity contribution in [1.29, 1.82) is 0 Å². The Kier molecular flexibility index (Phi) is 4.66. The van der Waals surface area contributed by atoms with Gasteiger partial charge in [0.05, 0.1) is 17.0 Å². The van der Waals surface area contributed by atoms with Crippen molar-refractivity contribution >= 4 is 10.0 Å². The Morgan fingerprint density at radius 1 is 1.43 bits per heavy atom. The lowest BCUT2D eigenvalue weighted by molar-refractivity contribution is 0.173. The van der Waals surface area contributed by atoms with E-state index in [1.807, 2.05) is 6.92 Å². The first kappa shape index (κ1) is 15.5. The van der Waals surface area contributed by atoms with Gasteiger partial charge in [0.1, 0.15) is 0 Å². The summed E-state index contributed by atoms with van der Waals surface area (Å²) in [5.41, 5.74) is 0.563. The molecule has 0 spiro atoms. The zero-order valence-corrected chi connectivity index (χ0v) is 12.5. The van der Waals surface area contributed by atoms with Crippen molar-refractivity contribution in [3.63, 3.8) is 0 Å². The van der Waals surface area contributed by atoms with Gasteiger partial charge in [-0.25, -0.2) is 13.1 Å². The van der Waals surface area contributed by atoms with E-state index in [1.54, 1.807) is 19.1 Å². The van der Waals surface area contributed by atoms with E-state index in [-0.39, 0.29) is 10.7 Å². The van der Waals surface area contributed by atoms with Gasteiger partial charge in [0.25, 0.3) is 0 Å². The van der Waals surface area contributed by atoms with Gasteiger partial charge in [-0.3, -0.25) is 0 Å². The number of rotatable bonds is 6. The number of H-pyrrole nitrogens is 1. The van der Waals surface area contributed by atoms with Crippen LogP contribution in [-0.4, -0.2) is 34.1 Å². The van der Waals surface area contributed by atoms with E-state index in [0.29, 0.717) is 12.0 Å². The number of nitrogens with one attached hydrogen (secondary N) is 2. The first-order chi connectivity index (χ1) is 9.94. The number of aromatic amines is 1. The highest BCUT2D eigenvalue weighted by Crippen LogP contribution is 2.21. The van der Waals surface area contributed by atoms with Gasteiger partial charge in [-0.15, -0.1) is 10.2 Å². The van der Waals surface area contributed by atoms with Crippen LogP contribution >= 0.6 is 0 Å². The molecule has 0 bridgehead atoms. The van der Waals surface area contributed by atoms with Gasteiger partial charge in [0, 0.05) is 0 Å². The fraction of sp³-hybridized carbons (Fsp3) is 0.417. The fourth-order valence-corrected chi connectivity index (χ4v) is 3.09. The summed E-state index contributed by atoms with van der Waals surface area (Å²) < 4.78 is 27.1. The van der Waals surface area contributed by atoms with Crippen LogP contribution in [0.3, 0.4) is 0 Å². The molecule has 0 aliphatic heterocycles. The second-order valence-corrected chi connectivity index (χ2v) is 6.32. The van der Waals surface area contributed by atoms with Gasteiger partial charge in [-0.1, -0.05) is 24.3 Å². The predicted octanol–water partition coefficient (Wildman–Crippen LogP) is 0.683. The summed E-state index contributed by atoms with van der Waals surface area (Å²) in [6, 6.07) is 5.60. The highest BCUT2D eigenvalue weighted by Gasteiger charge is 2.21. The van der Waals surface area contributed by atoms with Crippen LogP contribution in [-0.2, 0) is 10.0 Å². The molecule has 0 amide bonds. The average molecular weight is 311 g/mol. The van der Waals surface area contributed by atoms with Crippen molar-refractivity contribution in [3.8, 4) is 0 Å². The second-order valence-electron chi connectivity index (χ2n) is 4.61.